The van der Waals surface area contributed by atoms with Crippen LogP contribution >= 0.6 is 0 Å². The Balaban J connectivity index is 1.13. The van der Waals surface area contributed by atoms with Crippen molar-refractivity contribution in [2.24, 2.45) is 0 Å². The van der Waals surface area contributed by atoms with E-state index in [9.17, 15) is 0 Å². The van der Waals surface area contributed by atoms with Crippen LogP contribution in [0.3, 0.4) is 0 Å². The van der Waals surface area contributed by atoms with E-state index >= 15 is 0 Å². The van der Waals surface area contributed by atoms with Crippen molar-refractivity contribution >= 4 is 0 Å². The molecule has 2 aromatic heterocycles. The lowest BCUT2D eigenvalue weighted by Gasteiger charge is -2.34. The molecule has 1 aliphatic carbocycles. The van der Waals surface area contributed by atoms with Gasteiger partial charge in [-0.2, -0.15) is 0 Å². The topological polar surface area (TPSA) is 38.7 Å². The Morgan fingerprint density at radius 1 is 0.368 bits per heavy atom. The molecule has 0 saturated heterocycles. The molecule has 0 fully saturated rings. The van der Waals surface area contributed by atoms with E-state index in [4.69, 9.17) is 9.97 Å². The van der Waals surface area contributed by atoms with Crippen LogP contribution < -0.4 is 0 Å². The fraction of sp³-hybridized carbons (Fsp3) is 0.0556. The molecule has 7 aromatic carbocycles. The summed E-state index contributed by atoms with van der Waals surface area (Å²) in [7, 11) is 0. The zero-order valence-electron chi connectivity index (χ0n) is 31.9. The predicted octanol–water partition coefficient (Wildman–Crippen LogP) is 13.2. The van der Waals surface area contributed by atoms with Crippen LogP contribution in [0.25, 0.3) is 67.3 Å². The first-order valence-electron chi connectivity index (χ1n) is 19.5. The molecule has 270 valence electrons. The molecule has 1 unspecified atom stereocenters. The van der Waals surface area contributed by atoms with Crippen LogP contribution in [0.1, 0.15) is 33.5 Å². The van der Waals surface area contributed by atoms with Crippen molar-refractivity contribution in [3.8, 4) is 67.3 Å². The first-order valence-corrected chi connectivity index (χ1v) is 19.5. The number of benzene rings is 7. The molecule has 10 rings (SSSR count). The number of hydrogen-bond donors (Lipinski definition) is 0. The summed E-state index contributed by atoms with van der Waals surface area (Å²) in [4.78, 5) is 15.0. The summed E-state index contributed by atoms with van der Waals surface area (Å²) in [5.74, 6) is 0.699. The van der Waals surface area contributed by atoms with Gasteiger partial charge in [0.25, 0.3) is 0 Å². The second kappa shape index (κ2) is 14.1. The van der Waals surface area contributed by atoms with Gasteiger partial charge in [0.1, 0.15) is 0 Å². The molecule has 0 saturated carbocycles. The fourth-order valence-electron chi connectivity index (χ4n) is 8.74. The van der Waals surface area contributed by atoms with E-state index in [0.717, 1.165) is 50.5 Å². The summed E-state index contributed by atoms with van der Waals surface area (Å²) in [6, 6.07) is 69.6. The predicted molar refractivity (Wildman–Crippen MR) is 234 cm³/mol. The van der Waals surface area contributed by atoms with Gasteiger partial charge >= 0.3 is 0 Å². The summed E-state index contributed by atoms with van der Waals surface area (Å²) in [6.07, 6.45) is 2.00. The number of fused-ring (bicyclic) bond motifs is 3. The van der Waals surface area contributed by atoms with E-state index in [1.165, 1.54) is 44.5 Å². The summed E-state index contributed by atoms with van der Waals surface area (Å²) < 4.78 is 0. The maximum atomic E-state index is 5.27. The molecule has 57 heavy (non-hydrogen) atoms. The van der Waals surface area contributed by atoms with Crippen molar-refractivity contribution in [1.82, 2.24) is 15.0 Å². The van der Waals surface area contributed by atoms with E-state index in [1.54, 1.807) is 0 Å². The van der Waals surface area contributed by atoms with Crippen LogP contribution in [0, 0.1) is 13.8 Å². The second-order valence-electron chi connectivity index (χ2n) is 14.9. The zero-order valence-corrected chi connectivity index (χ0v) is 31.9. The molecule has 0 radical (unpaired) electrons. The van der Waals surface area contributed by atoms with Gasteiger partial charge < -0.3 is 0 Å². The maximum absolute atomic E-state index is 5.27. The summed E-state index contributed by atoms with van der Waals surface area (Å²) in [5, 5.41) is 0. The first kappa shape index (κ1) is 34.3. The van der Waals surface area contributed by atoms with Crippen molar-refractivity contribution in [2.75, 3.05) is 0 Å². The van der Waals surface area contributed by atoms with Crippen molar-refractivity contribution in [3.63, 3.8) is 0 Å². The number of nitrogens with zero attached hydrogens (tertiary/aromatic N) is 3. The van der Waals surface area contributed by atoms with Gasteiger partial charge in [0.05, 0.1) is 16.8 Å². The van der Waals surface area contributed by atoms with E-state index in [2.05, 4.69) is 194 Å². The molecule has 0 N–H and O–H groups in total. The lowest BCUT2D eigenvalue weighted by molar-refractivity contribution is 0.768. The number of pyridine rings is 1. The average molecular weight is 730 g/mol. The monoisotopic (exact) mass is 729 g/mol. The molecule has 0 aliphatic heterocycles. The highest BCUT2D eigenvalue weighted by atomic mass is 14.9. The lowest BCUT2D eigenvalue weighted by atomic mass is 9.67. The van der Waals surface area contributed by atoms with Crippen LogP contribution in [0.4, 0.5) is 0 Å². The largest absolute Gasteiger partial charge is 0.261 e. The molecule has 0 bridgehead atoms. The highest BCUT2D eigenvalue weighted by Gasteiger charge is 2.46. The third-order valence-electron chi connectivity index (χ3n) is 11.5. The van der Waals surface area contributed by atoms with Gasteiger partial charge in [-0.05, 0) is 87.7 Å². The Hall–Kier alpha value is -7.23. The van der Waals surface area contributed by atoms with Crippen molar-refractivity contribution < 1.29 is 0 Å². The van der Waals surface area contributed by atoms with Gasteiger partial charge in [-0.15, -0.1) is 0 Å². The number of aryl methyl sites for hydroxylation is 2. The van der Waals surface area contributed by atoms with Gasteiger partial charge in [0.2, 0.25) is 0 Å². The minimum atomic E-state index is -0.517. The Morgan fingerprint density at radius 3 is 1.60 bits per heavy atom. The Bertz CT molecular complexity index is 2880. The second-order valence-corrected chi connectivity index (χ2v) is 14.9. The molecule has 0 spiro atoms. The van der Waals surface area contributed by atoms with Gasteiger partial charge in [-0.3, -0.25) is 4.98 Å². The van der Waals surface area contributed by atoms with E-state index in [1.807, 2.05) is 25.3 Å². The molecule has 3 nitrogen and oxygen atoms in total. The maximum Gasteiger partial charge on any atom is 0.160 e. The quantitative estimate of drug-likeness (QED) is 0.164. The lowest BCUT2D eigenvalue weighted by Crippen LogP contribution is -2.28. The smallest absolute Gasteiger partial charge is 0.160 e. The summed E-state index contributed by atoms with van der Waals surface area (Å²) in [5.41, 5.74) is 18.7. The first-order chi connectivity index (χ1) is 28.1. The zero-order chi connectivity index (χ0) is 38.3. The average Bonchev–Trinajstić information content (AvgIpc) is 3.58. The van der Waals surface area contributed by atoms with Gasteiger partial charge in [0.15, 0.2) is 5.82 Å². The van der Waals surface area contributed by atoms with Gasteiger partial charge in [-0.25, -0.2) is 9.97 Å². The minimum absolute atomic E-state index is 0.517. The highest BCUT2D eigenvalue weighted by Crippen LogP contribution is 2.56. The molecule has 0 amide bonds. The fourth-order valence-corrected chi connectivity index (χ4v) is 8.74. The van der Waals surface area contributed by atoms with E-state index in [-0.39, 0.29) is 0 Å². The van der Waals surface area contributed by atoms with Crippen LogP contribution in [-0.2, 0) is 5.41 Å². The SMILES string of the molecule is Cc1cc(C)c(-c2ccc(C3(c4ccccc4)c4ccccc4-c4cc(-c5cc(-c6ccccc6)nc(-c6ccc(-c7ccccc7)cc6)n5)ccc43)cc2)cn1. The number of rotatable bonds is 7. The Labute approximate surface area is 334 Å². The van der Waals surface area contributed by atoms with Gasteiger partial charge in [0, 0.05) is 34.1 Å². The molecular weight excluding hydrogens is 691 g/mol. The Kier molecular flexibility index (Phi) is 8.49. The third-order valence-corrected chi connectivity index (χ3v) is 11.5. The van der Waals surface area contributed by atoms with Crippen molar-refractivity contribution in [3.05, 3.63) is 234 Å². The highest BCUT2D eigenvalue weighted by molar-refractivity contribution is 5.89. The van der Waals surface area contributed by atoms with Crippen LogP contribution in [0.2, 0.25) is 0 Å². The number of hydrogen-bond acceptors (Lipinski definition) is 3. The Morgan fingerprint density at radius 2 is 0.895 bits per heavy atom. The molecule has 3 heteroatoms. The minimum Gasteiger partial charge on any atom is -0.261 e. The summed E-state index contributed by atoms with van der Waals surface area (Å²) >= 11 is 0. The molecular formula is C54H39N3. The third kappa shape index (κ3) is 5.96. The molecule has 9 aromatic rings. The van der Waals surface area contributed by atoms with E-state index < -0.39 is 5.41 Å². The van der Waals surface area contributed by atoms with Crippen molar-refractivity contribution in [2.45, 2.75) is 19.3 Å². The number of aromatic nitrogens is 3. The summed E-state index contributed by atoms with van der Waals surface area (Å²) in [6.45, 7) is 4.20. The van der Waals surface area contributed by atoms with Crippen LogP contribution in [0.5, 0.6) is 0 Å². The van der Waals surface area contributed by atoms with Crippen LogP contribution in [-0.4, -0.2) is 15.0 Å². The van der Waals surface area contributed by atoms with Gasteiger partial charge in [-0.1, -0.05) is 176 Å². The van der Waals surface area contributed by atoms with Crippen molar-refractivity contribution in [1.29, 1.82) is 0 Å². The molecule has 1 atom stereocenters. The van der Waals surface area contributed by atoms with Crippen LogP contribution in [0.15, 0.2) is 200 Å². The normalized spacial score (nSPS) is 14.2. The molecule has 1 aliphatic rings. The van der Waals surface area contributed by atoms with E-state index in [0.29, 0.717) is 5.82 Å². The molecule has 2 heterocycles. The standard InChI is InChI=1S/C54H39N3/c1-36-32-37(2)55-35-48(36)40-26-29-45(30-27-40)54(44-18-10-5-11-19-44)49-21-13-12-20-46(49)47-33-43(28-31-50(47)54)52-34-51(41-16-8-4-9-17-41)56-53(57-52)42-24-22-39(23-25-42)38-14-6-3-7-15-38/h3-35H,1-2H3.